The molecule has 1 aromatic carbocycles. The van der Waals surface area contributed by atoms with Gasteiger partial charge in [0.05, 0.1) is 22.5 Å². The van der Waals surface area contributed by atoms with Crippen LogP contribution in [0.1, 0.15) is 0 Å². The van der Waals surface area contributed by atoms with E-state index in [2.05, 4.69) is 0 Å². The molecule has 1 fully saturated rings. The fraction of sp³-hybridized carbons (Fsp3) is 0.500. The number of hydrogen-bond donors (Lipinski definition) is 1. The van der Waals surface area contributed by atoms with Crippen LogP contribution in [0.3, 0.4) is 0 Å². The Morgan fingerprint density at radius 1 is 1.22 bits per heavy atom. The molecule has 2 rings (SSSR count). The molecule has 1 aliphatic rings. The van der Waals surface area contributed by atoms with Crippen molar-refractivity contribution in [1.29, 1.82) is 0 Å². The number of benzene rings is 1. The van der Waals surface area contributed by atoms with Gasteiger partial charge >= 0.3 is 12.1 Å². The van der Waals surface area contributed by atoms with Crippen molar-refractivity contribution in [1.82, 2.24) is 4.90 Å². The molecule has 128 valence electrons. The lowest BCUT2D eigenvalue weighted by molar-refractivity contribution is -0.188. The van der Waals surface area contributed by atoms with Crippen molar-refractivity contribution in [3.05, 3.63) is 30.3 Å². The van der Waals surface area contributed by atoms with Crippen LogP contribution in [-0.2, 0) is 14.6 Å². The number of hydrogen-bond acceptors (Lipinski definition) is 4. The summed E-state index contributed by atoms with van der Waals surface area (Å²) in [6.07, 6.45) is -4.61. The maximum absolute atomic E-state index is 12.9. The number of carboxylic acid groups (broad SMARTS) is 1. The third kappa shape index (κ3) is 4.23. The molecule has 0 bridgehead atoms. The molecule has 23 heavy (non-hydrogen) atoms. The zero-order valence-corrected chi connectivity index (χ0v) is 12.8. The predicted molar refractivity (Wildman–Crippen MR) is 75.6 cm³/mol. The second-order valence-electron chi connectivity index (χ2n) is 5.48. The lowest BCUT2D eigenvalue weighted by Crippen LogP contribution is -2.33. The Hall–Kier alpha value is -1.61. The molecule has 0 saturated carbocycles. The molecule has 0 aromatic heterocycles. The van der Waals surface area contributed by atoms with Crippen LogP contribution in [0, 0.1) is 11.8 Å². The quantitative estimate of drug-likeness (QED) is 0.873. The first-order valence-corrected chi connectivity index (χ1v) is 8.56. The minimum absolute atomic E-state index is 0.0985. The van der Waals surface area contributed by atoms with Gasteiger partial charge in [-0.1, -0.05) is 18.2 Å². The number of carboxylic acids is 1. The lowest BCUT2D eigenvalue weighted by atomic mass is 9.96. The van der Waals surface area contributed by atoms with Crippen molar-refractivity contribution in [3.63, 3.8) is 0 Å². The third-order valence-corrected chi connectivity index (χ3v) is 5.62. The van der Waals surface area contributed by atoms with Crippen molar-refractivity contribution in [3.8, 4) is 0 Å². The van der Waals surface area contributed by atoms with E-state index in [1.165, 1.54) is 17.0 Å². The van der Waals surface area contributed by atoms with Gasteiger partial charge in [-0.05, 0) is 12.1 Å². The smallest absolute Gasteiger partial charge is 0.393 e. The summed E-state index contributed by atoms with van der Waals surface area (Å²) in [5, 5.41) is 8.93. The molecule has 0 unspecified atom stereocenters. The average molecular weight is 351 g/mol. The van der Waals surface area contributed by atoms with Gasteiger partial charge in [0.1, 0.15) is 0 Å². The van der Waals surface area contributed by atoms with Crippen molar-refractivity contribution < 1.29 is 31.5 Å². The van der Waals surface area contributed by atoms with Gasteiger partial charge in [-0.3, -0.25) is 4.79 Å². The van der Waals surface area contributed by atoms with E-state index in [-0.39, 0.29) is 23.7 Å². The molecule has 0 spiro atoms. The van der Waals surface area contributed by atoms with E-state index in [9.17, 15) is 26.4 Å². The van der Waals surface area contributed by atoms with Crippen LogP contribution in [0.15, 0.2) is 35.2 Å². The lowest BCUT2D eigenvalue weighted by Gasteiger charge is -2.18. The topological polar surface area (TPSA) is 74.7 Å². The van der Waals surface area contributed by atoms with Crippen LogP contribution >= 0.6 is 0 Å². The Kier molecular flexibility index (Phi) is 5.00. The molecule has 1 N–H and O–H groups in total. The van der Waals surface area contributed by atoms with E-state index < -0.39 is 40.4 Å². The van der Waals surface area contributed by atoms with Crippen LogP contribution < -0.4 is 0 Å². The van der Waals surface area contributed by atoms with Gasteiger partial charge in [-0.2, -0.15) is 13.2 Å². The van der Waals surface area contributed by atoms with Gasteiger partial charge in [-0.25, -0.2) is 8.42 Å². The maximum Gasteiger partial charge on any atom is 0.393 e. The number of sulfone groups is 1. The standard InChI is InChI=1S/C14H16F3NO4S/c15-14(16,17)12-9-18(8-11(12)13(19)20)6-7-23(21,22)10-4-2-1-3-5-10/h1-5,11-12H,6-9H2,(H,19,20)/t11-,12-/m1/s1. The summed E-state index contributed by atoms with van der Waals surface area (Å²) >= 11 is 0. The molecular weight excluding hydrogens is 335 g/mol. The zero-order valence-electron chi connectivity index (χ0n) is 12.0. The number of nitrogens with zero attached hydrogens (tertiary/aromatic N) is 1. The van der Waals surface area contributed by atoms with E-state index in [0.29, 0.717) is 0 Å². The molecule has 0 aliphatic carbocycles. The minimum Gasteiger partial charge on any atom is -0.481 e. The number of likely N-dealkylation sites (tertiary alicyclic amines) is 1. The highest BCUT2D eigenvalue weighted by Crippen LogP contribution is 2.37. The number of carbonyl (C=O) groups is 1. The summed E-state index contributed by atoms with van der Waals surface area (Å²) in [6.45, 7) is -0.928. The first-order valence-electron chi connectivity index (χ1n) is 6.91. The van der Waals surface area contributed by atoms with Crippen LogP contribution in [0.5, 0.6) is 0 Å². The highest BCUT2D eigenvalue weighted by atomic mass is 32.2. The summed E-state index contributed by atoms with van der Waals surface area (Å²) in [6, 6.07) is 7.60. The van der Waals surface area contributed by atoms with Gasteiger partial charge in [0.25, 0.3) is 0 Å². The number of rotatable bonds is 5. The Labute approximate surface area is 131 Å². The summed E-state index contributed by atoms with van der Waals surface area (Å²) in [5.41, 5.74) is 0. The highest BCUT2D eigenvalue weighted by molar-refractivity contribution is 7.91. The molecular formula is C14H16F3NO4S. The Bertz CT molecular complexity index is 660. The molecule has 1 aliphatic heterocycles. The van der Waals surface area contributed by atoms with E-state index in [0.717, 1.165) is 0 Å². The van der Waals surface area contributed by atoms with E-state index in [1.54, 1.807) is 18.2 Å². The average Bonchev–Trinajstić information content (AvgIpc) is 2.91. The van der Waals surface area contributed by atoms with Crippen LogP contribution in [0.2, 0.25) is 0 Å². The zero-order chi connectivity index (χ0) is 17.3. The summed E-state index contributed by atoms with van der Waals surface area (Å²) in [4.78, 5) is 12.3. The molecule has 1 aromatic rings. The van der Waals surface area contributed by atoms with Crippen molar-refractivity contribution in [2.45, 2.75) is 11.1 Å². The molecule has 2 atom stereocenters. The van der Waals surface area contributed by atoms with Gasteiger partial charge in [0, 0.05) is 19.6 Å². The SMILES string of the molecule is O=C(O)[C@@H]1CN(CCS(=O)(=O)c2ccccc2)C[C@H]1C(F)(F)F. The molecule has 0 amide bonds. The third-order valence-electron chi connectivity index (χ3n) is 3.91. The highest BCUT2D eigenvalue weighted by Gasteiger charge is 2.52. The summed E-state index contributed by atoms with van der Waals surface area (Å²) < 4.78 is 62.9. The predicted octanol–water partition coefficient (Wildman–Crippen LogP) is 1.66. The van der Waals surface area contributed by atoms with E-state index >= 15 is 0 Å². The monoisotopic (exact) mass is 351 g/mol. The Balaban J connectivity index is 2.03. The van der Waals surface area contributed by atoms with Gasteiger partial charge in [0.2, 0.25) is 0 Å². The second-order valence-corrected chi connectivity index (χ2v) is 7.59. The van der Waals surface area contributed by atoms with Gasteiger partial charge in [0.15, 0.2) is 9.84 Å². The first kappa shape index (κ1) is 17.7. The molecule has 9 heteroatoms. The molecule has 1 heterocycles. The van der Waals surface area contributed by atoms with Crippen LogP contribution in [-0.4, -0.2) is 56.0 Å². The normalized spacial score (nSPS) is 23.1. The summed E-state index contributed by atoms with van der Waals surface area (Å²) in [5.74, 6) is -5.40. The van der Waals surface area contributed by atoms with Crippen molar-refractivity contribution >= 4 is 15.8 Å². The second kappa shape index (κ2) is 6.48. The maximum atomic E-state index is 12.9. The number of alkyl halides is 3. The Morgan fingerprint density at radius 3 is 2.30 bits per heavy atom. The minimum atomic E-state index is -4.61. The van der Waals surface area contributed by atoms with Gasteiger partial charge < -0.3 is 10.0 Å². The first-order chi connectivity index (χ1) is 10.6. The van der Waals surface area contributed by atoms with Crippen LogP contribution in [0.25, 0.3) is 0 Å². The van der Waals surface area contributed by atoms with Gasteiger partial charge in [-0.15, -0.1) is 0 Å². The molecule has 0 radical (unpaired) electrons. The summed E-state index contributed by atoms with van der Waals surface area (Å²) in [7, 11) is -3.61. The molecule has 5 nitrogen and oxygen atoms in total. The largest absolute Gasteiger partial charge is 0.481 e. The fourth-order valence-electron chi connectivity index (χ4n) is 2.64. The van der Waals surface area contributed by atoms with Crippen molar-refractivity contribution in [2.24, 2.45) is 11.8 Å². The number of halogens is 3. The fourth-order valence-corrected chi connectivity index (χ4v) is 3.95. The molecule has 1 saturated heterocycles. The van der Waals surface area contributed by atoms with E-state index in [1.807, 2.05) is 0 Å². The number of aliphatic carboxylic acids is 1. The Morgan fingerprint density at radius 2 is 1.83 bits per heavy atom. The van der Waals surface area contributed by atoms with E-state index in [4.69, 9.17) is 5.11 Å². The van der Waals surface area contributed by atoms with Crippen molar-refractivity contribution in [2.75, 3.05) is 25.4 Å². The van der Waals surface area contributed by atoms with Crippen LogP contribution in [0.4, 0.5) is 13.2 Å².